The molecule has 0 spiro atoms. The highest BCUT2D eigenvalue weighted by atomic mass is 16.3. The van der Waals surface area contributed by atoms with Gasteiger partial charge in [0.25, 0.3) is 0 Å². The molecule has 0 aromatic heterocycles. The zero-order valence-electron chi connectivity index (χ0n) is 31.5. The molecule has 0 fully saturated rings. The lowest BCUT2D eigenvalue weighted by Crippen LogP contribution is -2.24. The standard InChI is InChI=1S/C46H53NO4/c1-28-14-31-18-32-15-29(2)17-34(42(32)49)20-36-22-40(46(6,7)8)24-38(44(36)51)27-47(25-30-12-10-9-11-13-30)26-37-23-39(45(3,4)5)21-35(43(37)50)19-33(16-28)41(31)48/h9-17,21-24,48-51H,18-20,25-27H2,1-8H3. The van der Waals surface area contributed by atoms with Crippen molar-refractivity contribution in [3.05, 3.63) is 151 Å². The zero-order valence-corrected chi connectivity index (χ0v) is 31.5. The van der Waals surface area contributed by atoms with Crippen molar-refractivity contribution in [2.75, 3.05) is 0 Å². The van der Waals surface area contributed by atoms with E-state index < -0.39 is 0 Å². The van der Waals surface area contributed by atoms with E-state index in [1.165, 1.54) is 0 Å². The van der Waals surface area contributed by atoms with Crippen molar-refractivity contribution in [1.82, 2.24) is 4.90 Å². The molecule has 0 saturated carbocycles. The SMILES string of the molecule is Cc1cc2c(O)c(c1)Cc1cc(C(C)(C)C)cc(c1O)CN(Cc1ccccc1)Cc1cc(C(C)(C)C)cc(c1O)Cc1cc(C)cc(c1O)C2. The highest BCUT2D eigenvalue weighted by Crippen LogP contribution is 2.40. The lowest BCUT2D eigenvalue weighted by Gasteiger charge is -2.28. The average Bonchev–Trinajstić information content (AvgIpc) is 3.04. The Labute approximate surface area is 303 Å². The molecule has 1 heterocycles. The summed E-state index contributed by atoms with van der Waals surface area (Å²) in [5.41, 5.74) is 11.0. The fourth-order valence-corrected chi connectivity index (χ4v) is 7.41. The van der Waals surface area contributed by atoms with E-state index >= 15 is 0 Å². The molecule has 1 aliphatic heterocycles. The molecule has 51 heavy (non-hydrogen) atoms. The Bertz CT molecular complexity index is 1950. The second-order valence-electron chi connectivity index (χ2n) is 16.8. The van der Waals surface area contributed by atoms with E-state index in [1.807, 2.05) is 56.3 Å². The number of nitrogens with zero attached hydrogens (tertiary/aromatic N) is 1. The number of hydrogen-bond donors (Lipinski definition) is 4. The summed E-state index contributed by atoms with van der Waals surface area (Å²) >= 11 is 0. The average molecular weight is 684 g/mol. The summed E-state index contributed by atoms with van der Waals surface area (Å²) in [5.74, 6) is 0.798. The molecule has 0 amide bonds. The van der Waals surface area contributed by atoms with Crippen molar-refractivity contribution >= 4 is 0 Å². The van der Waals surface area contributed by atoms with Gasteiger partial charge in [-0.3, -0.25) is 4.90 Å². The van der Waals surface area contributed by atoms with Gasteiger partial charge < -0.3 is 20.4 Å². The molecule has 1 aliphatic rings. The monoisotopic (exact) mass is 683 g/mol. The number of hydrogen-bond acceptors (Lipinski definition) is 5. The van der Waals surface area contributed by atoms with E-state index in [4.69, 9.17) is 0 Å². The van der Waals surface area contributed by atoms with Gasteiger partial charge in [0.1, 0.15) is 23.0 Å². The summed E-state index contributed by atoms with van der Waals surface area (Å²) in [6.07, 6.45) is 1.05. The maximum atomic E-state index is 12.0. The second-order valence-corrected chi connectivity index (χ2v) is 16.8. The summed E-state index contributed by atoms with van der Waals surface area (Å²) in [6, 6.07) is 26.6. The number of benzene rings is 5. The van der Waals surface area contributed by atoms with Crippen LogP contribution >= 0.6 is 0 Å². The van der Waals surface area contributed by atoms with Gasteiger partial charge in [-0.2, -0.15) is 0 Å². The fourth-order valence-electron chi connectivity index (χ4n) is 7.41. The highest BCUT2D eigenvalue weighted by Gasteiger charge is 2.25. The van der Waals surface area contributed by atoms with Crippen LogP contribution in [0, 0.1) is 13.8 Å². The molecule has 5 nitrogen and oxygen atoms in total. The highest BCUT2D eigenvalue weighted by molar-refractivity contribution is 5.56. The Kier molecular flexibility index (Phi) is 9.73. The topological polar surface area (TPSA) is 84.2 Å². The van der Waals surface area contributed by atoms with Gasteiger partial charge in [0.2, 0.25) is 0 Å². The van der Waals surface area contributed by atoms with Gasteiger partial charge in [0.05, 0.1) is 0 Å². The van der Waals surface area contributed by atoms with Crippen molar-refractivity contribution in [2.45, 2.75) is 105 Å². The van der Waals surface area contributed by atoms with Gasteiger partial charge in [0, 0.05) is 50.0 Å². The quantitative estimate of drug-likeness (QED) is 0.149. The summed E-state index contributed by atoms with van der Waals surface area (Å²) < 4.78 is 0. The van der Waals surface area contributed by atoms with Gasteiger partial charge in [-0.15, -0.1) is 0 Å². The van der Waals surface area contributed by atoms with Gasteiger partial charge in [-0.1, -0.05) is 132 Å². The van der Waals surface area contributed by atoms with Crippen molar-refractivity contribution in [3.63, 3.8) is 0 Å². The summed E-state index contributed by atoms with van der Waals surface area (Å²) in [7, 11) is 0. The summed E-state index contributed by atoms with van der Waals surface area (Å²) in [5, 5.41) is 47.5. The molecule has 266 valence electrons. The Balaban J connectivity index is 1.62. The normalized spacial score (nSPS) is 14.2. The first kappa shape index (κ1) is 36.1. The number of aromatic hydroxyl groups is 4. The predicted octanol–water partition coefficient (Wildman–Crippen LogP) is 10.0. The molecule has 0 unspecified atom stereocenters. The minimum Gasteiger partial charge on any atom is -0.507 e. The second kappa shape index (κ2) is 13.8. The van der Waals surface area contributed by atoms with E-state index in [-0.39, 0.29) is 33.8 Å². The minimum atomic E-state index is -0.188. The lowest BCUT2D eigenvalue weighted by atomic mass is 9.83. The van der Waals surface area contributed by atoms with Crippen LogP contribution < -0.4 is 0 Å². The van der Waals surface area contributed by atoms with Gasteiger partial charge in [0.15, 0.2) is 0 Å². The Hall–Kier alpha value is -4.74. The Morgan fingerprint density at radius 1 is 0.471 bits per heavy atom. The zero-order chi connectivity index (χ0) is 36.8. The first-order chi connectivity index (χ1) is 24.0. The third-order valence-electron chi connectivity index (χ3n) is 10.3. The van der Waals surface area contributed by atoms with Crippen LogP contribution in [0.1, 0.15) is 114 Å². The Morgan fingerprint density at radius 2 is 0.784 bits per heavy atom. The van der Waals surface area contributed by atoms with Crippen LogP contribution in [0.5, 0.6) is 23.0 Å². The summed E-state index contributed by atoms with van der Waals surface area (Å²) in [6.45, 7) is 18.6. The lowest BCUT2D eigenvalue weighted by molar-refractivity contribution is 0.240. The van der Waals surface area contributed by atoms with Crippen LogP contribution in [0.4, 0.5) is 0 Å². The van der Waals surface area contributed by atoms with Gasteiger partial charge >= 0.3 is 0 Å². The van der Waals surface area contributed by atoms with Crippen molar-refractivity contribution in [3.8, 4) is 23.0 Å². The van der Waals surface area contributed by atoms with Crippen molar-refractivity contribution < 1.29 is 20.4 Å². The van der Waals surface area contributed by atoms with Crippen LogP contribution in [0.3, 0.4) is 0 Å². The number of phenols is 4. The molecular formula is C46H53NO4. The fraction of sp³-hybridized carbons (Fsp3) is 0.348. The van der Waals surface area contributed by atoms with Crippen molar-refractivity contribution in [2.24, 2.45) is 0 Å². The molecule has 6 rings (SSSR count). The third kappa shape index (κ3) is 7.94. The molecule has 0 aliphatic carbocycles. The summed E-state index contributed by atoms with van der Waals surface area (Å²) in [4.78, 5) is 2.28. The van der Waals surface area contributed by atoms with Crippen LogP contribution in [-0.4, -0.2) is 25.3 Å². The predicted molar refractivity (Wildman–Crippen MR) is 207 cm³/mol. The first-order valence-electron chi connectivity index (χ1n) is 18.1. The van der Waals surface area contributed by atoms with E-state index in [0.717, 1.165) is 72.3 Å². The molecule has 0 saturated heterocycles. The molecule has 8 bridgehead atoms. The molecular weight excluding hydrogens is 631 g/mol. The maximum Gasteiger partial charge on any atom is 0.123 e. The van der Waals surface area contributed by atoms with E-state index in [2.05, 4.69) is 82.8 Å². The molecule has 5 aromatic rings. The van der Waals surface area contributed by atoms with Crippen LogP contribution in [0.2, 0.25) is 0 Å². The number of aryl methyl sites for hydroxylation is 2. The number of fused-ring (bicyclic) bond motifs is 8. The molecule has 4 N–H and O–H groups in total. The van der Waals surface area contributed by atoms with E-state index in [1.54, 1.807) is 0 Å². The molecule has 5 aromatic carbocycles. The van der Waals surface area contributed by atoms with E-state index in [0.29, 0.717) is 38.9 Å². The third-order valence-corrected chi connectivity index (χ3v) is 10.3. The maximum absolute atomic E-state index is 12.0. The van der Waals surface area contributed by atoms with Crippen LogP contribution in [-0.2, 0) is 49.7 Å². The Morgan fingerprint density at radius 3 is 1.14 bits per heavy atom. The largest absolute Gasteiger partial charge is 0.507 e. The van der Waals surface area contributed by atoms with Crippen molar-refractivity contribution in [1.29, 1.82) is 0 Å². The smallest absolute Gasteiger partial charge is 0.123 e. The minimum absolute atomic E-state index is 0.178. The van der Waals surface area contributed by atoms with E-state index in [9.17, 15) is 20.4 Å². The molecule has 0 atom stereocenters. The van der Waals surface area contributed by atoms with Crippen LogP contribution in [0.15, 0.2) is 78.9 Å². The molecule has 0 radical (unpaired) electrons. The van der Waals surface area contributed by atoms with Crippen LogP contribution in [0.25, 0.3) is 0 Å². The van der Waals surface area contributed by atoms with Gasteiger partial charge in [-0.25, -0.2) is 0 Å². The number of rotatable bonds is 2. The number of phenolic OH excluding ortho intramolecular Hbond substituents is 4. The molecule has 5 heteroatoms. The first-order valence-corrected chi connectivity index (χ1v) is 18.1. The van der Waals surface area contributed by atoms with Gasteiger partial charge in [-0.05, 0) is 74.7 Å².